The summed E-state index contributed by atoms with van der Waals surface area (Å²) in [5.41, 5.74) is 0. The van der Waals surface area contributed by atoms with Crippen molar-refractivity contribution in [3.05, 3.63) is 0 Å². The van der Waals surface area contributed by atoms with Crippen molar-refractivity contribution in [3.8, 4) is 0 Å². The number of methoxy groups -OCH3 is 1. The highest BCUT2D eigenvalue weighted by molar-refractivity contribution is 14.0. The van der Waals surface area contributed by atoms with E-state index in [1.54, 1.807) is 7.11 Å². The molecule has 1 saturated heterocycles. The number of nitrogens with one attached hydrogen (secondary N) is 1. The van der Waals surface area contributed by atoms with E-state index in [1.165, 1.54) is 12.2 Å². The first-order valence-electron chi connectivity index (χ1n) is 7.45. The van der Waals surface area contributed by atoms with E-state index in [2.05, 4.69) is 33.9 Å². The van der Waals surface area contributed by atoms with Gasteiger partial charge in [0.05, 0.1) is 13.2 Å². The number of aliphatic imine (C=N–C) groups is 1. The second-order valence-corrected chi connectivity index (χ2v) is 6.19. The lowest BCUT2D eigenvalue weighted by Gasteiger charge is -2.34. The number of thioether (sulfide) groups is 1. The maximum atomic E-state index is 5.45. The van der Waals surface area contributed by atoms with Crippen molar-refractivity contribution in [2.45, 2.75) is 25.0 Å². The van der Waals surface area contributed by atoms with Crippen molar-refractivity contribution in [2.75, 3.05) is 59.4 Å². The quantitative estimate of drug-likeness (QED) is 0.276. The summed E-state index contributed by atoms with van der Waals surface area (Å²) in [7, 11) is 3.55. The summed E-state index contributed by atoms with van der Waals surface area (Å²) in [6.07, 6.45) is 2.22. The fourth-order valence-electron chi connectivity index (χ4n) is 2.11. The van der Waals surface area contributed by atoms with Crippen LogP contribution in [0, 0.1) is 0 Å². The Morgan fingerprint density at radius 3 is 2.86 bits per heavy atom. The van der Waals surface area contributed by atoms with Crippen LogP contribution in [0.5, 0.6) is 0 Å². The van der Waals surface area contributed by atoms with Gasteiger partial charge >= 0.3 is 0 Å². The monoisotopic (exact) mass is 431 g/mol. The summed E-state index contributed by atoms with van der Waals surface area (Å²) in [6, 6.07) is 0. The van der Waals surface area contributed by atoms with E-state index in [0.29, 0.717) is 13.2 Å². The molecule has 1 atom stereocenters. The lowest BCUT2D eigenvalue weighted by Crippen LogP contribution is -2.48. The van der Waals surface area contributed by atoms with Gasteiger partial charge in [-0.15, -0.1) is 24.0 Å². The van der Waals surface area contributed by atoms with Gasteiger partial charge in [0.2, 0.25) is 0 Å². The van der Waals surface area contributed by atoms with Crippen LogP contribution in [0.4, 0.5) is 0 Å². The first-order chi connectivity index (χ1) is 9.81. The molecule has 1 N–H and O–H groups in total. The number of rotatable bonds is 8. The van der Waals surface area contributed by atoms with Crippen LogP contribution in [0.15, 0.2) is 4.99 Å². The van der Waals surface area contributed by atoms with Crippen molar-refractivity contribution < 1.29 is 9.47 Å². The van der Waals surface area contributed by atoms with Crippen molar-refractivity contribution in [1.29, 1.82) is 0 Å². The van der Waals surface area contributed by atoms with E-state index in [1.807, 2.05) is 7.05 Å². The van der Waals surface area contributed by atoms with E-state index in [0.717, 1.165) is 43.9 Å². The van der Waals surface area contributed by atoms with Gasteiger partial charge in [-0.25, -0.2) is 0 Å². The number of nitrogens with zero attached hydrogens (tertiary/aromatic N) is 2. The van der Waals surface area contributed by atoms with Crippen LogP contribution >= 0.6 is 35.7 Å². The number of ether oxygens (including phenoxy) is 2. The van der Waals surface area contributed by atoms with Gasteiger partial charge in [-0.3, -0.25) is 4.99 Å². The molecule has 0 aromatic heterocycles. The summed E-state index contributed by atoms with van der Waals surface area (Å²) in [5.74, 6) is 2.22. The van der Waals surface area contributed by atoms with Crippen LogP contribution in [-0.4, -0.2) is 75.5 Å². The van der Waals surface area contributed by atoms with Crippen molar-refractivity contribution in [3.63, 3.8) is 0 Å². The zero-order valence-corrected chi connectivity index (χ0v) is 16.6. The molecule has 1 aliphatic heterocycles. The lowest BCUT2D eigenvalue weighted by atomic mass is 10.3. The molecule has 5 nitrogen and oxygen atoms in total. The number of hydrogen-bond donors (Lipinski definition) is 1. The van der Waals surface area contributed by atoms with Gasteiger partial charge in [-0.05, 0) is 12.8 Å². The van der Waals surface area contributed by atoms with Crippen LogP contribution in [0.25, 0.3) is 0 Å². The molecule has 1 fully saturated rings. The standard InChI is InChI=1S/C14H29N3O2S.HI/c1-4-13-12-17(7-11-20-13)14(15-2)16-6-5-8-19-10-9-18-3;/h13H,4-12H2,1-3H3,(H,15,16);1H. The molecule has 126 valence electrons. The highest BCUT2D eigenvalue weighted by Crippen LogP contribution is 2.20. The molecule has 21 heavy (non-hydrogen) atoms. The molecule has 1 aliphatic rings. The topological polar surface area (TPSA) is 46.1 Å². The van der Waals surface area contributed by atoms with Crippen molar-refractivity contribution in [1.82, 2.24) is 10.2 Å². The molecule has 7 heteroatoms. The highest BCUT2D eigenvalue weighted by atomic mass is 127. The number of hydrogen-bond acceptors (Lipinski definition) is 4. The first-order valence-corrected chi connectivity index (χ1v) is 8.50. The molecule has 0 aromatic rings. The minimum atomic E-state index is 0. The van der Waals surface area contributed by atoms with Gasteiger partial charge in [0, 0.05) is 51.4 Å². The molecule has 0 aromatic carbocycles. The molecule has 0 radical (unpaired) electrons. The maximum Gasteiger partial charge on any atom is 0.193 e. The normalized spacial score (nSPS) is 19.3. The SMILES string of the molecule is CCC1CN(C(=NC)NCCCOCCOC)CCS1.I. The van der Waals surface area contributed by atoms with Crippen molar-refractivity contribution >= 4 is 41.7 Å². The Morgan fingerprint density at radius 1 is 1.38 bits per heavy atom. The number of guanidine groups is 1. The van der Waals surface area contributed by atoms with Crippen molar-refractivity contribution in [2.24, 2.45) is 4.99 Å². The summed E-state index contributed by atoms with van der Waals surface area (Å²) in [6.45, 7) is 7.46. The van der Waals surface area contributed by atoms with E-state index in [9.17, 15) is 0 Å². The Hall–Kier alpha value is 0.270. The van der Waals surface area contributed by atoms with E-state index < -0.39 is 0 Å². The van der Waals surface area contributed by atoms with E-state index in [4.69, 9.17) is 9.47 Å². The molecular formula is C14H30IN3O2S. The molecular weight excluding hydrogens is 401 g/mol. The average molecular weight is 431 g/mol. The predicted octanol–water partition coefficient (Wildman–Crippen LogP) is 2.06. The minimum Gasteiger partial charge on any atom is -0.382 e. The Kier molecular flexibility index (Phi) is 14.1. The summed E-state index contributed by atoms with van der Waals surface area (Å²) >= 11 is 2.08. The van der Waals surface area contributed by atoms with Crippen LogP contribution in [0.1, 0.15) is 19.8 Å². The molecule has 0 spiro atoms. The van der Waals surface area contributed by atoms with Crippen LogP contribution in [-0.2, 0) is 9.47 Å². The summed E-state index contributed by atoms with van der Waals surface area (Å²) < 4.78 is 10.4. The third-order valence-corrected chi connectivity index (χ3v) is 4.66. The third-order valence-electron chi connectivity index (χ3n) is 3.29. The number of halogens is 1. The molecule has 0 bridgehead atoms. The molecule has 0 aliphatic carbocycles. The maximum absolute atomic E-state index is 5.45. The van der Waals surface area contributed by atoms with Gasteiger partial charge in [-0.1, -0.05) is 6.92 Å². The van der Waals surface area contributed by atoms with Gasteiger partial charge in [-0.2, -0.15) is 11.8 Å². The van der Waals surface area contributed by atoms with Gasteiger partial charge in [0.25, 0.3) is 0 Å². The summed E-state index contributed by atoms with van der Waals surface area (Å²) in [4.78, 5) is 6.76. The van der Waals surface area contributed by atoms with Gasteiger partial charge in [0.15, 0.2) is 5.96 Å². The zero-order chi connectivity index (χ0) is 14.6. The van der Waals surface area contributed by atoms with Gasteiger partial charge < -0.3 is 19.7 Å². The Bertz CT molecular complexity index is 283. The minimum absolute atomic E-state index is 0. The lowest BCUT2D eigenvalue weighted by molar-refractivity contribution is 0.0698. The smallest absolute Gasteiger partial charge is 0.193 e. The second-order valence-electron chi connectivity index (χ2n) is 4.78. The third kappa shape index (κ3) is 9.10. The van der Waals surface area contributed by atoms with E-state index in [-0.39, 0.29) is 24.0 Å². The molecule has 0 saturated carbocycles. The molecule has 1 rings (SSSR count). The predicted molar refractivity (Wildman–Crippen MR) is 102 cm³/mol. The van der Waals surface area contributed by atoms with Gasteiger partial charge in [0.1, 0.15) is 0 Å². The Morgan fingerprint density at radius 2 is 2.19 bits per heavy atom. The zero-order valence-electron chi connectivity index (χ0n) is 13.5. The largest absolute Gasteiger partial charge is 0.382 e. The summed E-state index contributed by atoms with van der Waals surface area (Å²) in [5, 5.41) is 4.17. The molecule has 1 unspecified atom stereocenters. The second kappa shape index (κ2) is 13.9. The van der Waals surface area contributed by atoms with Crippen LogP contribution in [0.3, 0.4) is 0 Å². The molecule has 0 amide bonds. The fourth-order valence-corrected chi connectivity index (χ4v) is 3.29. The highest BCUT2D eigenvalue weighted by Gasteiger charge is 2.21. The average Bonchev–Trinajstić information content (AvgIpc) is 2.50. The van der Waals surface area contributed by atoms with E-state index >= 15 is 0 Å². The Labute approximate surface area is 150 Å². The van der Waals surface area contributed by atoms with Crippen LogP contribution in [0.2, 0.25) is 0 Å². The fraction of sp³-hybridized carbons (Fsp3) is 0.929. The molecule has 1 heterocycles. The Balaban J connectivity index is 0.00000400. The van der Waals surface area contributed by atoms with Crippen LogP contribution < -0.4 is 5.32 Å². The first kappa shape index (κ1) is 21.3.